The van der Waals surface area contributed by atoms with Crippen molar-refractivity contribution in [3.05, 3.63) is 23.6 Å². The van der Waals surface area contributed by atoms with Crippen LogP contribution in [0.5, 0.6) is 5.75 Å². The van der Waals surface area contributed by atoms with E-state index in [2.05, 4.69) is 29.1 Å². The minimum absolute atomic E-state index is 0.274. The molecule has 0 aliphatic heterocycles. The fourth-order valence-electron chi connectivity index (χ4n) is 1.96. The Balaban J connectivity index is 2.36. The fraction of sp³-hybridized carbons (Fsp3) is 0.462. The first-order valence-electron chi connectivity index (χ1n) is 6.05. The van der Waals surface area contributed by atoms with Crippen molar-refractivity contribution in [3.8, 4) is 5.75 Å². The van der Waals surface area contributed by atoms with Crippen LogP contribution in [0.4, 0.5) is 4.39 Å². The minimum Gasteiger partial charge on any atom is -0.493 e. The molecule has 0 saturated carbocycles. The molecule has 0 aliphatic carbocycles. The molecular weight excluding hydrogens is 233 g/mol. The van der Waals surface area contributed by atoms with Crippen molar-refractivity contribution in [2.24, 2.45) is 0 Å². The average molecular weight is 251 g/mol. The summed E-state index contributed by atoms with van der Waals surface area (Å²) < 4.78 is 18.8. The Labute approximate surface area is 106 Å². The molecule has 1 aromatic carbocycles. The normalized spacial score (nSPS) is 11.4. The summed E-state index contributed by atoms with van der Waals surface area (Å²) in [5, 5.41) is 7.91. The predicted octanol–water partition coefficient (Wildman–Crippen LogP) is 2.20. The summed E-state index contributed by atoms with van der Waals surface area (Å²) in [6.07, 6.45) is 0.792. The Morgan fingerprint density at radius 2 is 2.22 bits per heavy atom. The largest absolute Gasteiger partial charge is 0.493 e. The molecule has 0 bridgehead atoms. The number of hydrogen-bond donors (Lipinski definition) is 1. The molecular formula is C13H18FN3O. The lowest BCUT2D eigenvalue weighted by Gasteiger charge is -2.13. The molecule has 1 aromatic heterocycles. The molecule has 0 saturated heterocycles. The molecule has 0 unspecified atom stereocenters. The van der Waals surface area contributed by atoms with Crippen LogP contribution < -0.4 is 4.74 Å². The number of rotatable bonds is 5. The zero-order valence-electron chi connectivity index (χ0n) is 11.0. The molecule has 5 heteroatoms. The molecule has 1 heterocycles. The highest BCUT2D eigenvalue weighted by Crippen LogP contribution is 2.30. The van der Waals surface area contributed by atoms with Crippen molar-refractivity contribution >= 4 is 10.9 Å². The molecule has 0 amide bonds. The van der Waals surface area contributed by atoms with Gasteiger partial charge in [-0.15, -0.1) is 0 Å². The van der Waals surface area contributed by atoms with Gasteiger partial charge in [0.25, 0.3) is 0 Å². The van der Waals surface area contributed by atoms with Gasteiger partial charge in [-0.05, 0) is 25.7 Å². The molecule has 2 aromatic rings. The van der Waals surface area contributed by atoms with Crippen molar-refractivity contribution in [1.82, 2.24) is 15.1 Å². The van der Waals surface area contributed by atoms with Crippen molar-refractivity contribution in [2.75, 3.05) is 27.2 Å². The molecule has 0 fully saturated rings. The van der Waals surface area contributed by atoms with Gasteiger partial charge < -0.3 is 9.64 Å². The van der Waals surface area contributed by atoms with Crippen molar-refractivity contribution in [3.63, 3.8) is 0 Å². The number of aromatic amines is 1. The number of benzene rings is 1. The average Bonchev–Trinajstić information content (AvgIpc) is 2.79. The van der Waals surface area contributed by atoms with E-state index < -0.39 is 0 Å². The number of nitrogens with one attached hydrogen (secondary N) is 1. The molecule has 98 valence electrons. The van der Waals surface area contributed by atoms with E-state index in [1.165, 1.54) is 13.2 Å². The van der Waals surface area contributed by atoms with Crippen LogP contribution in [0.25, 0.3) is 10.9 Å². The lowest BCUT2D eigenvalue weighted by atomic mass is 10.1. The number of hydrogen-bond acceptors (Lipinski definition) is 3. The number of methoxy groups -OCH3 is 1. The van der Waals surface area contributed by atoms with Crippen LogP contribution in [-0.2, 0) is 6.42 Å². The number of fused-ring (bicyclic) bond motifs is 1. The maximum absolute atomic E-state index is 13.7. The lowest BCUT2D eigenvalue weighted by molar-refractivity contribution is 0.356. The first kappa shape index (κ1) is 12.8. The number of ether oxygens (including phenoxy) is 1. The summed E-state index contributed by atoms with van der Waals surface area (Å²) in [5.74, 6) is -0.0769. The number of aromatic nitrogens is 2. The second-order valence-electron chi connectivity index (χ2n) is 4.32. The monoisotopic (exact) mass is 251 g/mol. The van der Waals surface area contributed by atoms with Crippen LogP contribution in [0.15, 0.2) is 12.1 Å². The van der Waals surface area contributed by atoms with E-state index in [4.69, 9.17) is 4.74 Å². The highest BCUT2D eigenvalue weighted by atomic mass is 19.1. The molecule has 0 aliphatic rings. The molecule has 4 nitrogen and oxygen atoms in total. The quantitative estimate of drug-likeness (QED) is 0.885. The van der Waals surface area contributed by atoms with Gasteiger partial charge in [0, 0.05) is 18.7 Å². The standard InChI is InChI=1S/C13H18FN3O/c1-4-17(2)8-7-11-12-10(15-16-11)6-5-9(14)13(12)18-3/h5-6H,4,7-8H2,1-3H3,(H,15,16). The summed E-state index contributed by atoms with van der Waals surface area (Å²) in [4.78, 5) is 2.19. The van der Waals surface area contributed by atoms with E-state index in [0.29, 0.717) is 0 Å². The maximum atomic E-state index is 13.7. The molecule has 0 atom stereocenters. The highest BCUT2D eigenvalue weighted by Gasteiger charge is 2.15. The first-order chi connectivity index (χ1) is 8.67. The van der Waals surface area contributed by atoms with Gasteiger partial charge in [-0.3, -0.25) is 5.10 Å². The minimum atomic E-state index is -0.350. The molecule has 0 spiro atoms. The summed E-state index contributed by atoms with van der Waals surface area (Å²) in [7, 11) is 3.53. The van der Waals surface area contributed by atoms with Crippen molar-refractivity contribution < 1.29 is 9.13 Å². The second-order valence-corrected chi connectivity index (χ2v) is 4.32. The Morgan fingerprint density at radius 1 is 1.44 bits per heavy atom. The second kappa shape index (κ2) is 5.35. The third kappa shape index (κ3) is 2.31. The van der Waals surface area contributed by atoms with Crippen LogP contribution in [0.3, 0.4) is 0 Å². The van der Waals surface area contributed by atoms with Gasteiger partial charge in [-0.2, -0.15) is 5.10 Å². The van der Waals surface area contributed by atoms with Gasteiger partial charge in [0.05, 0.1) is 18.0 Å². The lowest BCUT2D eigenvalue weighted by Crippen LogP contribution is -2.20. The number of H-pyrrole nitrogens is 1. The number of halogens is 1. The zero-order chi connectivity index (χ0) is 13.1. The summed E-state index contributed by atoms with van der Waals surface area (Å²) in [5.41, 5.74) is 1.66. The summed E-state index contributed by atoms with van der Waals surface area (Å²) in [6, 6.07) is 3.04. The van der Waals surface area contributed by atoms with Crippen LogP contribution >= 0.6 is 0 Å². The number of likely N-dealkylation sites (N-methyl/N-ethyl adjacent to an activating group) is 1. The van der Waals surface area contributed by atoms with E-state index in [1.54, 1.807) is 6.07 Å². The van der Waals surface area contributed by atoms with Crippen molar-refractivity contribution in [2.45, 2.75) is 13.3 Å². The van der Waals surface area contributed by atoms with Gasteiger partial charge >= 0.3 is 0 Å². The molecule has 2 rings (SSSR count). The number of nitrogens with zero attached hydrogens (tertiary/aromatic N) is 2. The zero-order valence-corrected chi connectivity index (χ0v) is 11.0. The Hall–Kier alpha value is -1.62. The van der Waals surface area contributed by atoms with Gasteiger partial charge in [0.2, 0.25) is 0 Å². The van der Waals surface area contributed by atoms with Gasteiger partial charge in [-0.1, -0.05) is 6.92 Å². The van der Waals surface area contributed by atoms with E-state index in [9.17, 15) is 4.39 Å². The smallest absolute Gasteiger partial charge is 0.165 e. The van der Waals surface area contributed by atoms with E-state index in [1.807, 2.05) is 0 Å². The van der Waals surface area contributed by atoms with Gasteiger partial charge in [0.1, 0.15) is 0 Å². The third-order valence-electron chi connectivity index (χ3n) is 3.19. The van der Waals surface area contributed by atoms with E-state index >= 15 is 0 Å². The van der Waals surface area contributed by atoms with Crippen LogP contribution in [0.1, 0.15) is 12.6 Å². The molecule has 18 heavy (non-hydrogen) atoms. The SMILES string of the molecule is CCN(C)CCc1[nH]nc2ccc(F)c(OC)c12. The third-order valence-corrected chi connectivity index (χ3v) is 3.19. The van der Waals surface area contributed by atoms with Crippen LogP contribution in [0.2, 0.25) is 0 Å². The Kier molecular flexibility index (Phi) is 3.81. The van der Waals surface area contributed by atoms with E-state index in [-0.39, 0.29) is 11.6 Å². The Bertz CT molecular complexity index is 538. The van der Waals surface area contributed by atoms with Gasteiger partial charge in [0.15, 0.2) is 11.6 Å². The molecule has 0 radical (unpaired) electrons. The fourth-order valence-corrected chi connectivity index (χ4v) is 1.96. The Morgan fingerprint density at radius 3 is 2.89 bits per heavy atom. The summed E-state index contributed by atoms with van der Waals surface area (Å²) >= 11 is 0. The van der Waals surface area contributed by atoms with Crippen LogP contribution in [0, 0.1) is 5.82 Å². The first-order valence-corrected chi connectivity index (χ1v) is 6.05. The van der Waals surface area contributed by atoms with Crippen LogP contribution in [-0.4, -0.2) is 42.3 Å². The topological polar surface area (TPSA) is 41.2 Å². The highest BCUT2D eigenvalue weighted by molar-refractivity contribution is 5.88. The molecule has 1 N–H and O–H groups in total. The van der Waals surface area contributed by atoms with Crippen molar-refractivity contribution in [1.29, 1.82) is 0 Å². The van der Waals surface area contributed by atoms with E-state index in [0.717, 1.165) is 36.1 Å². The summed E-state index contributed by atoms with van der Waals surface area (Å²) in [6.45, 7) is 3.98. The predicted molar refractivity (Wildman–Crippen MR) is 69.5 cm³/mol. The maximum Gasteiger partial charge on any atom is 0.165 e. The van der Waals surface area contributed by atoms with Gasteiger partial charge in [-0.25, -0.2) is 4.39 Å².